The van der Waals surface area contributed by atoms with Crippen molar-refractivity contribution in [3.8, 4) is 0 Å². The van der Waals surface area contributed by atoms with Gasteiger partial charge in [0.05, 0.1) is 0 Å². The molecule has 0 bridgehead atoms. The normalized spacial score (nSPS) is 15.4. The van der Waals surface area contributed by atoms with Crippen molar-refractivity contribution in [2.24, 2.45) is 5.41 Å². The Labute approximate surface area is 103 Å². The highest BCUT2D eigenvalue weighted by atomic mass is 14.9. The number of hydrogen-bond donors (Lipinski definition) is 1. The van der Waals surface area contributed by atoms with E-state index in [0.717, 1.165) is 0 Å². The largest absolute Gasteiger partial charge is 0.314 e. The first-order valence-corrected chi connectivity index (χ1v) is 7.27. The van der Waals surface area contributed by atoms with Gasteiger partial charge in [0.25, 0.3) is 0 Å². The molecule has 0 aliphatic heterocycles. The SMILES string of the molecule is CCCCCCC(C)(CCC)CNC(C)C. The molecule has 0 aliphatic carbocycles. The van der Waals surface area contributed by atoms with Crippen LogP contribution in [0.3, 0.4) is 0 Å². The Hall–Kier alpha value is -0.0400. The van der Waals surface area contributed by atoms with Gasteiger partial charge in [0.15, 0.2) is 0 Å². The highest BCUT2D eigenvalue weighted by Crippen LogP contribution is 2.29. The first kappa shape index (κ1) is 16.0. The molecule has 0 spiro atoms. The summed E-state index contributed by atoms with van der Waals surface area (Å²) in [7, 11) is 0. The number of hydrogen-bond acceptors (Lipinski definition) is 1. The minimum Gasteiger partial charge on any atom is -0.314 e. The lowest BCUT2D eigenvalue weighted by Crippen LogP contribution is -2.35. The van der Waals surface area contributed by atoms with Gasteiger partial charge in [-0.3, -0.25) is 0 Å². The summed E-state index contributed by atoms with van der Waals surface area (Å²) in [6.45, 7) is 12.7. The Bertz CT molecular complexity index is 154. The maximum Gasteiger partial charge on any atom is 0.00106 e. The quantitative estimate of drug-likeness (QED) is 0.531. The molecule has 0 saturated carbocycles. The van der Waals surface area contributed by atoms with Crippen LogP contribution < -0.4 is 5.32 Å². The molecular weight excluding hydrogens is 194 g/mol. The molecule has 1 heteroatoms. The van der Waals surface area contributed by atoms with E-state index in [1.54, 1.807) is 0 Å². The van der Waals surface area contributed by atoms with Crippen molar-refractivity contribution < 1.29 is 0 Å². The van der Waals surface area contributed by atoms with Crippen molar-refractivity contribution in [1.29, 1.82) is 0 Å². The van der Waals surface area contributed by atoms with Crippen LogP contribution in [0.1, 0.15) is 79.6 Å². The van der Waals surface area contributed by atoms with E-state index >= 15 is 0 Å². The molecule has 0 aliphatic rings. The topological polar surface area (TPSA) is 12.0 Å². The Morgan fingerprint density at radius 2 is 1.62 bits per heavy atom. The maximum absolute atomic E-state index is 3.61. The Morgan fingerprint density at radius 1 is 0.938 bits per heavy atom. The lowest BCUT2D eigenvalue weighted by Gasteiger charge is -2.31. The van der Waals surface area contributed by atoms with Crippen LogP contribution in [-0.2, 0) is 0 Å². The van der Waals surface area contributed by atoms with Crippen LogP contribution in [0.4, 0.5) is 0 Å². The average Bonchev–Trinajstić information content (AvgIpc) is 2.22. The molecule has 0 amide bonds. The molecule has 0 aromatic heterocycles. The fourth-order valence-electron chi connectivity index (χ4n) is 2.33. The second kappa shape index (κ2) is 9.04. The molecule has 0 radical (unpaired) electrons. The van der Waals surface area contributed by atoms with Gasteiger partial charge in [-0.25, -0.2) is 0 Å². The minimum atomic E-state index is 0.521. The fourth-order valence-corrected chi connectivity index (χ4v) is 2.33. The van der Waals surface area contributed by atoms with Crippen LogP contribution in [-0.4, -0.2) is 12.6 Å². The molecule has 1 N–H and O–H groups in total. The molecule has 98 valence electrons. The monoisotopic (exact) mass is 227 g/mol. The summed E-state index contributed by atoms with van der Waals surface area (Å²) in [5.74, 6) is 0. The number of rotatable bonds is 10. The van der Waals surface area contributed by atoms with Gasteiger partial charge in [0.1, 0.15) is 0 Å². The summed E-state index contributed by atoms with van der Waals surface area (Å²) in [6.07, 6.45) is 9.62. The Morgan fingerprint density at radius 3 is 2.12 bits per heavy atom. The third kappa shape index (κ3) is 8.15. The Balaban J connectivity index is 3.90. The van der Waals surface area contributed by atoms with Crippen molar-refractivity contribution >= 4 is 0 Å². The first-order valence-electron chi connectivity index (χ1n) is 7.27. The molecule has 16 heavy (non-hydrogen) atoms. The second-order valence-electron chi connectivity index (χ2n) is 5.91. The van der Waals surface area contributed by atoms with Crippen molar-refractivity contribution in [2.45, 2.75) is 85.6 Å². The molecule has 0 fully saturated rings. The second-order valence-corrected chi connectivity index (χ2v) is 5.91. The highest BCUT2D eigenvalue weighted by Gasteiger charge is 2.22. The van der Waals surface area contributed by atoms with Crippen molar-refractivity contribution in [2.75, 3.05) is 6.54 Å². The van der Waals surface area contributed by atoms with E-state index in [1.165, 1.54) is 51.5 Å². The predicted octanol–water partition coefficient (Wildman–Crippen LogP) is 4.76. The third-order valence-electron chi connectivity index (χ3n) is 3.42. The molecule has 0 heterocycles. The van der Waals surface area contributed by atoms with Crippen LogP contribution in [0.25, 0.3) is 0 Å². The van der Waals surface area contributed by atoms with Gasteiger partial charge in [-0.15, -0.1) is 0 Å². The lowest BCUT2D eigenvalue weighted by atomic mass is 9.80. The molecule has 1 atom stereocenters. The van der Waals surface area contributed by atoms with E-state index in [0.29, 0.717) is 11.5 Å². The summed E-state index contributed by atoms with van der Waals surface area (Å²) < 4.78 is 0. The molecule has 1 nitrogen and oxygen atoms in total. The molecule has 0 aromatic rings. The van der Waals surface area contributed by atoms with Gasteiger partial charge in [0.2, 0.25) is 0 Å². The van der Waals surface area contributed by atoms with Gasteiger partial charge >= 0.3 is 0 Å². The van der Waals surface area contributed by atoms with Crippen LogP contribution >= 0.6 is 0 Å². The van der Waals surface area contributed by atoms with Crippen molar-refractivity contribution in [1.82, 2.24) is 5.32 Å². The van der Waals surface area contributed by atoms with E-state index in [2.05, 4.69) is 39.9 Å². The molecule has 0 rings (SSSR count). The van der Waals surface area contributed by atoms with Gasteiger partial charge in [-0.05, 0) is 18.3 Å². The van der Waals surface area contributed by atoms with E-state index in [9.17, 15) is 0 Å². The molecule has 1 unspecified atom stereocenters. The summed E-state index contributed by atoms with van der Waals surface area (Å²) >= 11 is 0. The smallest absolute Gasteiger partial charge is 0.00106 e. The number of unbranched alkanes of at least 4 members (excludes halogenated alkanes) is 3. The van der Waals surface area contributed by atoms with Crippen molar-refractivity contribution in [3.63, 3.8) is 0 Å². The zero-order valence-corrected chi connectivity index (χ0v) is 12.2. The lowest BCUT2D eigenvalue weighted by molar-refractivity contribution is 0.240. The molecule has 0 saturated heterocycles. The maximum atomic E-state index is 3.61. The van der Waals surface area contributed by atoms with Crippen LogP contribution in [0.5, 0.6) is 0 Å². The van der Waals surface area contributed by atoms with E-state index < -0.39 is 0 Å². The minimum absolute atomic E-state index is 0.521. The van der Waals surface area contributed by atoms with Crippen LogP contribution in [0, 0.1) is 5.41 Å². The first-order chi connectivity index (χ1) is 7.54. The summed E-state index contributed by atoms with van der Waals surface area (Å²) in [5, 5.41) is 3.61. The third-order valence-corrected chi connectivity index (χ3v) is 3.42. The van der Waals surface area contributed by atoms with Gasteiger partial charge in [-0.1, -0.05) is 66.7 Å². The predicted molar refractivity (Wildman–Crippen MR) is 74.9 cm³/mol. The van der Waals surface area contributed by atoms with E-state index in [4.69, 9.17) is 0 Å². The zero-order chi connectivity index (χ0) is 12.4. The summed E-state index contributed by atoms with van der Waals surface area (Å²) in [6, 6.07) is 0.617. The van der Waals surface area contributed by atoms with Crippen molar-refractivity contribution in [3.05, 3.63) is 0 Å². The standard InChI is InChI=1S/C15H33N/c1-6-8-9-10-12-15(5,11-7-2)13-16-14(3)4/h14,16H,6-13H2,1-5H3. The summed E-state index contributed by atoms with van der Waals surface area (Å²) in [4.78, 5) is 0. The zero-order valence-electron chi connectivity index (χ0n) is 12.2. The summed E-state index contributed by atoms with van der Waals surface area (Å²) in [5.41, 5.74) is 0.521. The van der Waals surface area contributed by atoms with E-state index in [1.807, 2.05) is 0 Å². The number of nitrogens with one attached hydrogen (secondary N) is 1. The molecule has 0 aromatic carbocycles. The van der Waals surface area contributed by atoms with Gasteiger partial charge in [-0.2, -0.15) is 0 Å². The Kier molecular flexibility index (Phi) is 9.02. The highest BCUT2D eigenvalue weighted by molar-refractivity contribution is 4.77. The van der Waals surface area contributed by atoms with Crippen LogP contribution in [0.2, 0.25) is 0 Å². The average molecular weight is 227 g/mol. The fraction of sp³-hybridized carbons (Fsp3) is 1.00. The van der Waals surface area contributed by atoms with Crippen LogP contribution in [0.15, 0.2) is 0 Å². The van der Waals surface area contributed by atoms with Gasteiger partial charge < -0.3 is 5.32 Å². The molecular formula is C15H33N. The van der Waals surface area contributed by atoms with E-state index in [-0.39, 0.29) is 0 Å². The van der Waals surface area contributed by atoms with Gasteiger partial charge in [0, 0.05) is 12.6 Å².